The van der Waals surface area contributed by atoms with Crippen LogP contribution in [0.5, 0.6) is 5.75 Å². The molecule has 27 heavy (non-hydrogen) atoms. The first-order valence-electron chi connectivity index (χ1n) is 8.42. The fourth-order valence-electron chi connectivity index (χ4n) is 3.17. The molecule has 1 aliphatic rings. The number of hydrogen-bond acceptors (Lipinski definition) is 3. The van der Waals surface area contributed by atoms with Gasteiger partial charge in [-0.15, -0.1) is 0 Å². The van der Waals surface area contributed by atoms with Crippen LogP contribution < -0.4 is 4.74 Å². The van der Waals surface area contributed by atoms with Crippen LogP contribution in [0.25, 0.3) is 5.57 Å². The van der Waals surface area contributed by atoms with Crippen molar-refractivity contribution in [1.82, 2.24) is 0 Å². The van der Waals surface area contributed by atoms with E-state index in [1.54, 1.807) is 0 Å². The van der Waals surface area contributed by atoms with E-state index in [0.29, 0.717) is 35.9 Å². The predicted molar refractivity (Wildman–Crippen MR) is 93.1 cm³/mol. The Morgan fingerprint density at radius 2 is 1.70 bits per heavy atom. The van der Waals surface area contributed by atoms with Crippen LogP contribution in [-0.4, -0.2) is 17.2 Å². The van der Waals surface area contributed by atoms with Crippen molar-refractivity contribution in [3.63, 3.8) is 0 Å². The lowest BCUT2D eigenvalue weighted by molar-refractivity contribution is -0.137. The number of ether oxygens (including phenoxy) is 1. The summed E-state index contributed by atoms with van der Waals surface area (Å²) in [6, 6.07) is 8.72. The monoisotopic (exact) mass is 380 g/mol. The minimum atomic E-state index is -4.53. The van der Waals surface area contributed by atoms with Crippen molar-refractivity contribution >= 4 is 12.7 Å². The zero-order valence-corrected chi connectivity index (χ0v) is 14.3. The number of alkyl halides is 3. The highest BCUT2D eigenvalue weighted by atomic mass is 19.4. The first-order chi connectivity index (χ1) is 12.8. The van der Waals surface area contributed by atoms with Crippen LogP contribution in [0.1, 0.15) is 36.0 Å². The number of allylic oxidation sites excluding steroid dienone is 2. The Hall–Kier alpha value is -2.32. The van der Waals surface area contributed by atoms with E-state index < -0.39 is 24.7 Å². The second kappa shape index (κ2) is 7.74. The van der Waals surface area contributed by atoms with Crippen molar-refractivity contribution in [2.75, 3.05) is 0 Å². The maximum absolute atomic E-state index is 13.1. The Kier molecular flexibility index (Phi) is 5.57. The van der Waals surface area contributed by atoms with E-state index in [1.165, 1.54) is 30.3 Å². The number of benzene rings is 2. The van der Waals surface area contributed by atoms with Gasteiger partial charge in [0.05, 0.1) is 5.56 Å². The van der Waals surface area contributed by atoms with Crippen LogP contribution in [0.15, 0.2) is 47.9 Å². The molecular formula is C19H17BF4O3. The summed E-state index contributed by atoms with van der Waals surface area (Å²) in [5, 5.41) is 19.1. The van der Waals surface area contributed by atoms with Gasteiger partial charge in [0.25, 0.3) is 0 Å². The van der Waals surface area contributed by atoms with Crippen molar-refractivity contribution < 1.29 is 32.3 Å². The van der Waals surface area contributed by atoms with Gasteiger partial charge < -0.3 is 14.8 Å². The average molecular weight is 380 g/mol. The molecule has 0 saturated carbocycles. The molecule has 0 spiro atoms. The Morgan fingerprint density at radius 3 is 2.33 bits per heavy atom. The lowest BCUT2D eigenvalue weighted by atomic mass is 9.75. The van der Waals surface area contributed by atoms with E-state index >= 15 is 0 Å². The summed E-state index contributed by atoms with van der Waals surface area (Å²) in [5.74, 6) is -0.186. The van der Waals surface area contributed by atoms with Crippen LogP contribution in [0.2, 0.25) is 0 Å². The number of hydrogen-bond donors (Lipinski definition) is 2. The van der Waals surface area contributed by atoms with E-state index in [0.717, 1.165) is 12.1 Å². The molecule has 3 rings (SSSR count). The first-order valence-corrected chi connectivity index (χ1v) is 8.42. The molecule has 0 radical (unpaired) electrons. The van der Waals surface area contributed by atoms with Crippen molar-refractivity contribution in [2.24, 2.45) is 0 Å². The minimum Gasteiger partial charge on any atom is -0.488 e. The standard InChI is InChI=1S/C19H17BF4O3/c21-14-7-4-12(5-8-14)11-27-18-9-6-13(19(22,23)24)10-16(18)15-2-1-3-17(15)20(25)26/h4-10,25-26H,1-3,11H2. The highest BCUT2D eigenvalue weighted by molar-refractivity contribution is 6.52. The predicted octanol–water partition coefficient (Wildman–Crippen LogP) is 4.37. The van der Waals surface area contributed by atoms with Crippen LogP contribution in [0.4, 0.5) is 17.6 Å². The quantitative estimate of drug-likeness (QED) is 0.598. The molecule has 3 nitrogen and oxygen atoms in total. The summed E-state index contributed by atoms with van der Waals surface area (Å²) in [4.78, 5) is 0. The van der Waals surface area contributed by atoms with Crippen molar-refractivity contribution in [3.8, 4) is 5.75 Å². The van der Waals surface area contributed by atoms with E-state index in [4.69, 9.17) is 4.74 Å². The van der Waals surface area contributed by atoms with Gasteiger partial charge in [0.1, 0.15) is 18.2 Å². The Bertz CT molecular complexity index is 845. The zero-order chi connectivity index (χ0) is 19.6. The van der Waals surface area contributed by atoms with E-state index in [9.17, 15) is 27.6 Å². The van der Waals surface area contributed by atoms with Crippen LogP contribution in [-0.2, 0) is 12.8 Å². The Morgan fingerprint density at radius 1 is 1.00 bits per heavy atom. The summed E-state index contributed by atoms with van der Waals surface area (Å²) in [6.45, 7) is 0.0446. The third-order valence-electron chi connectivity index (χ3n) is 4.51. The Balaban J connectivity index is 1.97. The minimum absolute atomic E-state index is 0.0446. The lowest BCUT2D eigenvalue weighted by Crippen LogP contribution is -2.15. The van der Waals surface area contributed by atoms with E-state index in [2.05, 4.69) is 0 Å². The molecule has 8 heteroatoms. The van der Waals surface area contributed by atoms with Crippen molar-refractivity contribution in [3.05, 3.63) is 70.4 Å². The van der Waals surface area contributed by atoms with Gasteiger partial charge in [-0.05, 0) is 66.2 Å². The molecule has 0 atom stereocenters. The van der Waals surface area contributed by atoms with Gasteiger partial charge in [0.15, 0.2) is 0 Å². The summed E-state index contributed by atoms with van der Waals surface area (Å²) in [6.07, 6.45) is -3.07. The van der Waals surface area contributed by atoms with Gasteiger partial charge in [0.2, 0.25) is 0 Å². The van der Waals surface area contributed by atoms with E-state index in [-0.39, 0.29) is 17.9 Å². The SMILES string of the molecule is OB(O)C1=C(c2cc(C(F)(F)F)ccc2OCc2ccc(F)cc2)CCC1. The van der Waals surface area contributed by atoms with Gasteiger partial charge in [-0.25, -0.2) is 4.39 Å². The average Bonchev–Trinajstić information content (AvgIpc) is 3.10. The zero-order valence-electron chi connectivity index (χ0n) is 14.3. The lowest BCUT2D eigenvalue weighted by Gasteiger charge is -2.17. The molecule has 142 valence electrons. The normalized spacial score (nSPS) is 14.6. The van der Waals surface area contributed by atoms with Crippen molar-refractivity contribution in [1.29, 1.82) is 0 Å². The maximum atomic E-state index is 13.1. The number of rotatable bonds is 5. The third-order valence-corrected chi connectivity index (χ3v) is 4.51. The molecule has 1 aliphatic carbocycles. The molecule has 0 amide bonds. The molecule has 0 saturated heterocycles. The summed E-state index contributed by atoms with van der Waals surface area (Å²) >= 11 is 0. The third kappa shape index (κ3) is 4.51. The van der Waals surface area contributed by atoms with Crippen molar-refractivity contribution in [2.45, 2.75) is 32.0 Å². The largest absolute Gasteiger partial charge is 0.488 e. The molecule has 2 aromatic rings. The van der Waals surface area contributed by atoms with Gasteiger partial charge >= 0.3 is 13.3 Å². The molecule has 0 aromatic heterocycles. The van der Waals surface area contributed by atoms with Crippen LogP contribution in [0, 0.1) is 5.82 Å². The molecule has 0 unspecified atom stereocenters. The van der Waals surface area contributed by atoms with Crippen LogP contribution >= 0.6 is 0 Å². The summed E-state index contributed by atoms with van der Waals surface area (Å²) < 4.78 is 58.1. The molecule has 0 fully saturated rings. The summed E-state index contributed by atoms with van der Waals surface area (Å²) in [7, 11) is -1.72. The molecule has 2 N–H and O–H groups in total. The first kappa shape index (κ1) is 19.4. The molecule has 0 heterocycles. The highest BCUT2D eigenvalue weighted by Crippen LogP contribution is 2.41. The smallest absolute Gasteiger partial charge is 0.484 e. The second-order valence-electron chi connectivity index (χ2n) is 6.35. The second-order valence-corrected chi connectivity index (χ2v) is 6.35. The molecule has 2 aromatic carbocycles. The number of halogens is 4. The van der Waals surface area contributed by atoms with Crippen LogP contribution in [0.3, 0.4) is 0 Å². The Labute approximate surface area is 154 Å². The highest BCUT2D eigenvalue weighted by Gasteiger charge is 2.33. The molecular weight excluding hydrogens is 363 g/mol. The molecule has 0 bridgehead atoms. The van der Waals surface area contributed by atoms with Gasteiger partial charge in [-0.1, -0.05) is 12.1 Å². The van der Waals surface area contributed by atoms with E-state index in [1.807, 2.05) is 0 Å². The summed E-state index contributed by atoms with van der Waals surface area (Å²) in [5.41, 5.74) is 0.793. The fourth-order valence-corrected chi connectivity index (χ4v) is 3.17. The van der Waals surface area contributed by atoms with Gasteiger partial charge in [-0.3, -0.25) is 0 Å². The van der Waals surface area contributed by atoms with Gasteiger partial charge in [-0.2, -0.15) is 13.2 Å². The molecule has 0 aliphatic heterocycles. The maximum Gasteiger partial charge on any atom is 0.484 e. The topological polar surface area (TPSA) is 49.7 Å². The van der Waals surface area contributed by atoms with Gasteiger partial charge in [0, 0.05) is 5.56 Å². The fraction of sp³-hybridized carbons (Fsp3) is 0.263.